The summed E-state index contributed by atoms with van der Waals surface area (Å²) in [6.07, 6.45) is 0.0757. The van der Waals surface area contributed by atoms with Crippen molar-refractivity contribution in [2.24, 2.45) is 0 Å². The molecule has 2 atom stereocenters. The highest BCUT2D eigenvalue weighted by Crippen LogP contribution is 2.37. The first-order valence-electron chi connectivity index (χ1n) is 7.94. The molecule has 2 rings (SSSR count). The summed E-state index contributed by atoms with van der Waals surface area (Å²) < 4.78 is 15.0. The third kappa shape index (κ3) is 4.59. The summed E-state index contributed by atoms with van der Waals surface area (Å²) in [6, 6.07) is 16.6. The first-order valence-corrected chi connectivity index (χ1v) is 7.94. The SMILES string of the molecule is COC(=O)C[C@H](c1ccccc1)[C@H](C(=O)OC)c1ccc(OC)cc1. The number of benzene rings is 2. The van der Waals surface area contributed by atoms with Gasteiger partial charge in [0, 0.05) is 5.92 Å². The molecule has 0 N–H and O–H groups in total. The average molecular weight is 342 g/mol. The van der Waals surface area contributed by atoms with E-state index in [2.05, 4.69) is 0 Å². The first kappa shape index (κ1) is 18.5. The molecule has 5 nitrogen and oxygen atoms in total. The van der Waals surface area contributed by atoms with Crippen LogP contribution in [-0.4, -0.2) is 33.3 Å². The van der Waals surface area contributed by atoms with Crippen LogP contribution in [0.2, 0.25) is 0 Å². The van der Waals surface area contributed by atoms with E-state index in [9.17, 15) is 9.59 Å². The van der Waals surface area contributed by atoms with Gasteiger partial charge in [-0.25, -0.2) is 0 Å². The quantitative estimate of drug-likeness (QED) is 0.723. The molecule has 132 valence electrons. The van der Waals surface area contributed by atoms with Crippen molar-refractivity contribution in [1.29, 1.82) is 0 Å². The molecule has 0 heterocycles. The molecule has 0 fully saturated rings. The smallest absolute Gasteiger partial charge is 0.313 e. The molecule has 0 aliphatic heterocycles. The van der Waals surface area contributed by atoms with Crippen LogP contribution >= 0.6 is 0 Å². The Morgan fingerprint density at radius 3 is 2.00 bits per heavy atom. The molecule has 25 heavy (non-hydrogen) atoms. The number of hydrogen-bond donors (Lipinski definition) is 0. The molecule has 5 heteroatoms. The van der Waals surface area contributed by atoms with Crippen molar-refractivity contribution in [2.75, 3.05) is 21.3 Å². The number of ether oxygens (including phenoxy) is 3. The first-order chi connectivity index (χ1) is 12.1. The fraction of sp³-hybridized carbons (Fsp3) is 0.300. The minimum absolute atomic E-state index is 0.0757. The number of carbonyl (C=O) groups is 2. The maximum absolute atomic E-state index is 12.5. The van der Waals surface area contributed by atoms with Gasteiger partial charge in [0.2, 0.25) is 0 Å². The van der Waals surface area contributed by atoms with Gasteiger partial charge < -0.3 is 14.2 Å². The van der Waals surface area contributed by atoms with E-state index in [1.807, 2.05) is 42.5 Å². The lowest BCUT2D eigenvalue weighted by molar-refractivity contribution is -0.144. The van der Waals surface area contributed by atoms with Crippen LogP contribution in [-0.2, 0) is 19.1 Å². The fourth-order valence-electron chi connectivity index (χ4n) is 2.86. The van der Waals surface area contributed by atoms with Gasteiger partial charge in [0.15, 0.2) is 0 Å². The molecule has 0 unspecified atom stereocenters. The number of carbonyl (C=O) groups excluding carboxylic acids is 2. The summed E-state index contributed by atoms with van der Waals surface area (Å²) in [7, 11) is 4.26. The van der Waals surface area contributed by atoms with Crippen LogP contribution in [0.1, 0.15) is 29.4 Å². The molecule has 0 saturated heterocycles. The fourth-order valence-corrected chi connectivity index (χ4v) is 2.86. The lowest BCUT2D eigenvalue weighted by atomic mass is 9.79. The van der Waals surface area contributed by atoms with Crippen LogP contribution < -0.4 is 4.74 Å². The van der Waals surface area contributed by atoms with Crippen LogP contribution in [0.25, 0.3) is 0 Å². The Bertz CT molecular complexity index is 694. The molecular weight excluding hydrogens is 320 g/mol. The highest BCUT2D eigenvalue weighted by atomic mass is 16.5. The second kappa shape index (κ2) is 8.87. The van der Waals surface area contributed by atoms with Crippen molar-refractivity contribution >= 4 is 11.9 Å². The second-order valence-electron chi connectivity index (χ2n) is 5.57. The third-order valence-corrected chi connectivity index (χ3v) is 4.17. The molecular formula is C20H22O5. The number of methoxy groups -OCH3 is 3. The maximum Gasteiger partial charge on any atom is 0.313 e. The monoisotopic (exact) mass is 342 g/mol. The van der Waals surface area contributed by atoms with Crippen LogP contribution in [0, 0.1) is 0 Å². The van der Waals surface area contributed by atoms with Crippen molar-refractivity contribution in [3.8, 4) is 5.75 Å². The summed E-state index contributed by atoms with van der Waals surface area (Å²) in [5.41, 5.74) is 1.63. The van der Waals surface area contributed by atoms with Crippen molar-refractivity contribution in [3.63, 3.8) is 0 Å². The minimum Gasteiger partial charge on any atom is -0.497 e. The molecule has 0 spiro atoms. The topological polar surface area (TPSA) is 61.8 Å². The molecule has 0 amide bonds. The van der Waals surface area contributed by atoms with Crippen molar-refractivity contribution in [2.45, 2.75) is 18.3 Å². The van der Waals surface area contributed by atoms with Crippen LogP contribution in [0.3, 0.4) is 0 Å². The zero-order valence-corrected chi connectivity index (χ0v) is 14.6. The summed E-state index contributed by atoms with van der Waals surface area (Å²) in [4.78, 5) is 24.5. The Balaban J connectivity index is 2.48. The van der Waals surface area contributed by atoms with E-state index < -0.39 is 17.8 Å². The minimum atomic E-state index is -0.627. The Labute approximate surface area is 147 Å². The molecule has 2 aromatic carbocycles. The Kier molecular flexibility index (Phi) is 6.57. The summed E-state index contributed by atoms with van der Waals surface area (Å²) in [5.74, 6) is -1.11. The molecule has 2 aromatic rings. The van der Waals surface area contributed by atoms with Gasteiger partial charge in [0.05, 0.1) is 33.7 Å². The maximum atomic E-state index is 12.5. The summed E-state index contributed by atoms with van der Waals surface area (Å²) in [6.45, 7) is 0. The van der Waals surface area contributed by atoms with Crippen molar-refractivity contribution in [1.82, 2.24) is 0 Å². The molecule has 0 bridgehead atoms. The van der Waals surface area contributed by atoms with E-state index in [4.69, 9.17) is 14.2 Å². The molecule has 0 saturated carbocycles. The summed E-state index contributed by atoms with van der Waals surface area (Å²) in [5, 5.41) is 0. The van der Waals surface area contributed by atoms with Crippen molar-refractivity contribution in [3.05, 3.63) is 65.7 Å². The second-order valence-corrected chi connectivity index (χ2v) is 5.57. The number of rotatable bonds is 7. The van der Waals surface area contributed by atoms with Crippen LogP contribution in [0.4, 0.5) is 0 Å². The van der Waals surface area contributed by atoms with Crippen molar-refractivity contribution < 1.29 is 23.8 Å². The predicted molar refractivity (Wildman–Crippen MR) is 93.6 cm³/mol. The van der Waals surface area contributed by atoms with E-state index in [1.165, 1.54) is 14.2 Å². The lowest BCUT2D eigenvalue weighted by Gasteiger charge is -2.25. The van der Waals surface area contributed by atoms with E-state index in [0.717, 1.165) is 11.1 Å². The highest BCUT2D eigenvalue weighted by Gasteiger charge is 2.34. The van der Waals surface area contributed by atoms with Crippen LogP contribution in [0.5, 0.6) is 5.75 Å². The Morgan fingerprint density at radius 2 is 1.48 bits per heavy atom. The van der Waals surface area contributed by atoms with Gasteiger partial charge in [-0.1, -0.05) is 42.5 Å². The van der Waals surface area contributed by atoms with E-state index in [1.54, 1.807) is 19.2 Å². The van der Waals surface area contributed by atoms with Gasteiger partial charge in [-0.2, -0.15) is 0 Å². The van der Waals surface area contributed by atoms with E-state index >= 15 is 0 Å². The Morgan fingerprint density at radius 1 is 0.840 bits per heavy atom. The van der Waals surface area contributed by atoms with Gasteiger partial charge in [-0.05, 0) is 23.3 Å². The van der Waals surface area contributed by atoms with Gasteiger partial charge in [-0.3, -0.25) is 9.59 Å². The van der Waals surface area contributed by atoms with E-state index in [-0.39, 0.29) is 12.4 Å². The molecule has 0 aliphatic carbocycles. The highest BCUT2D eigenvalue weighted by molar-refractivity contribution is 5.81. The average Bonchev–Trinajstić information content (AvgIpc) is 2.68. The lowest BCUT2D eigenvalue weighted by Crippen LogP contribution is -2.24. The van der Waals surface area contributed by atoms with Crippen LogP contribution in [0.15, 0.2) is 54.6 Å². The third-order valence-electron chi connectivity index (χ3n) is 4.17. The van der Waals surface area contributed by atoms with Gasteiger partial charge in [-0.15, -0.1) is 0 Å². The van der Waals surface area contributed by atoms with Gasteiger partial charge in [0.1, 0.15) is 5.75 Å². The molecule has 0 aromatic heterocycles. The molecule has 0 radical (unpaired) electrons. The van der Waals surface area contributed by atoms with E-state index in [0.29, 0.717) is 5.75 Å². The Hall–Kier alpha value is -2.82. The number of hydrogen-bond acceptors (Lipinski definition) is 5. The zero-order valence-electron chi connectivity index (χ0n) is 14.6. The summed E-state index contributed by atoms with van der Waals surface area (Å²) >= 11 is 0. The number of esters is 2. The normalized spacial score (nSPS) is 12.8. The van der Waals surface area contributed by atoms with Gasteiger partial charge >= 0.3 is 11.9 Å². The predicted octanol–water partition coefficient (Wildman–Crippen LogP) is 3.30. The largest absolute Gasteiger partial charge is 0.497 e. The molecule has 0 aliphatic rings. The standard InChI is InChI=1S/C20H22O5/c1-23-16-11-9-15(10-12-16)19(20(22)25-3)17(13-18(21)24-2)14-7-5-4-6-8-14/h4-12,17,19H,13H2,1-3H3/t17-,19-/m1/s1. The zero-order chi connectivity index (χ0) is 18.2. The van der Waals surface area contributed by atoms with Gasteiger partial charge in [0.25, 0.3) is 0 Å².